The third-order valence-electron chi connectivity index (χ3n) is 3.57. The van der Waals surface area contributed by atoms with E-state index < -0.39 is 0 Å². The molecule has 0 amide bonds. The van der Waals surface area contributed by atoms with Gasteiger partial charge in [0.15, 0.2) is 0 Å². The summed E-state index contributed by atoms with van der Waals surface area (Å²) in [6, 6.07) is 14.1. The number of allylic oxidation sites excluding steroid dienone is 1. The lowest BCUT2D eigenvalue weighted by atomic mass is 10.0. The number of hydrogen-bond donors (Lipinski definition) is 3. The molecular formula is C19H22O3. The number of aromatic hydroxyl groups is 2. The van der Waals surface area contributed by atoms with E-state index in [1.54, 1.807) is 24.3 Å². The minimum absolute atomic E-state index is 0.266. The van der Waals surface area contributed by atoms with Crippen LogP contribution in [0.1, 0.15) is 30.4 Å². The molecule has 2 aromatic carbocycles. The Morgan fingerprint density at radius 1 is 0.818 bits per heavy atom. The van der Waals surface area contributed by atoms with Crippen LogP contribution in [0.5, 0.6) is 11.5 Å². The molecule has 3 heteroatoms. The van der Waals surface area contributed by atoms with Crippen LogP contribution in [0.2, 0.25) is 0 Å². The predicted octanol–water partition coefficient (Wildman–Crippen LogP) is 3.88. The van der Waals surface area contributed by atoms with E-state index in [9.17, 15) is 15.3 Å². The Hall–Kier alpha value is -2.26. The lowest BCUT2D eigenvalue weighted by molar-refractivity contribution is 0.156. The minimum Gasteiger partial charge on any atom is -0.508 e. The SMILES string of the molecule is Oc1ccc(/C=C/CCC(O)CCc2ccc(O)cc2)cc1. The summed E-state index contributed by atoms with van der Waals surface area (Å²) in [5.74, 6) is 0.533. The number of rotatable bonds is 7. The van der Waals surface area contributed by atoms with Crippen molar-refractivity contribution in [3.8, 4) is 11.5 Å². The summed E-state index contributed by atoms with van der Waals surface area (Å²) in [5, 5.41) is 28.4. The van der Waals surface area contributed by atoms with Crippen molar-refractivity contribution >= 4 is 6.08 Å². The fourth-order valence-corrected chi connectivity index (χ4v) is 2.23. The Balaban J connectivity index is 1.68. The summed E-state index contributed by atoms with van der Waals surface area (Å²) in [6.07, 6.45) is 6.78. The smallest absolute Gasteiger partial charge is 0.115 e. The van der Waals surface area contributed by atoms with Gasteiger partial charge in [-0.2, -0.15) is 0 Å². The number of aliphatic hydroxyl groups is 1. The van der Waals surface area contributed by atoms with E-state index in [0.717, 1.165) is 36.8 Å². The summed E-state index contributed by atoms with van der Waals surface area (Å²) in [4.78, 5) is 0. The topological polar surface area (TPSA) is 60.7 Å². The molecule has 0 radical (unpaired) electrons. The molecule has 0 aliphatic heterocycles. The zero-order valence-electron chi connectivity index (χ0n) is 12.5. The van der Waals surface area contributed by atoms with Crippen LogP contribution in [0.25, 0.3) is 6.08 Å². The Morgan fingerprint density at radius 2 is 1.41 bits per heavy atom. The molecule has 1 atom stereocenters. The van der Waals surface area contributed by atoms with Crippen molar-refractivity contribution in [2.24, 2.45) is 0 Å². The van der Waals surface area contributed by atoms with E-state index in [0.29, 0.717) is 0 Å². The van der Waals surface area contributed by atoms with Crippen molar-refractivity contribution < 1.29 is 15.3 Å². The number of hydrogen-bond acceptors (Lipinski definition) is 3. The highest BCUT2D eigenvalue weighted by molar-refractivity contribution is 5.50. The maximum Gasteiger partial charge on any atom is 0.115 e. The van der Waals surface area contributed by atoms with Gasteiger partial charge in [0.25, 0.3) is 0 Å². The summed E-state index contributed by atoms with van der Waals surface area (Å²) in [6.45, 7) is 0. The van der Waals surface area contributed by atoms with Gasteiger partial charge in [-0.05, 0) is 61.1 Å². The van der Waals surface area contributed by atoms with Crippen LogP contribution in [0, 0.1) is 0 Å². The zero-order valence-corrected chi connectivity index (χ0v) is 12.5. The zero-order chi connectivity index (χ0) is 15.8. The number of benzene rings is 2. The number of phenolic OH excluding ortho intramolecular Hbond substituents is 2. The third kappa shape index (κ3) is 5.62. The molecule has 0 bridgehead atoms. The Bertz CT molecular complexity index is 585. The lowest BCUT2D eigenvalue weighted by Crippen LogP contribution is -2.07. The monoisotopic (exact) mass is 298 g/mol. The van der Waals surface area contributed by atoms with Crippen molar-refractivity contribution in [1.82, 2.24) is 0 Å². The number of phenols is 2. The molecule has 22 heavy (non-hydrogen) atoms. The first-order valence-electron chi connectivity index (χ1n) is 7.55. The van der Waals surface area contributed by atoms with E-state index >= 15 is 0 Å². The van der Waals surface area contributed by atoms with Gasteiger partial charge < -0.3 is 15.3 Å². The lowest BCUT2D eigenvalue weighted by Gasteiger charge is -2.09. The summed E-state index contributed by atoms with van der Waals surface area (Å²) < 4.78 is 0. The maximum absolute atomic E-state index is 9.98. The fourth-order valence-electron chi connectivity index (χ4n) is 2.23. The molecule has 1 unspecified atom stereocenters. The van der Waals surface area contributed by atoms with Crippen molar-refractivity contribution in [3.05, 3.63) is 65.7 Å². The van der Waals surface area contributed by atoms with Gasteiger partial charge in [-0.1, -0.05) is 36.4 Å². The average molecular weight is 298 g/mol. The summed E-state index contributed by atoms with van der Waals surface area (Å²) in [7, 11) is 0. The highest BCUT2D eigenvalue weighted by Gasteiger charge is 2.03. The van der Waals surface area contributed by atoms with Gasteiger partial charge in [-0.15, -0.1) is 0 Å². The fraction of sp³-hybridized carbons (Fsp3) is 0.263. The molecule has 3 N–H and O–H groups in total. The second-order valence-corrected chi connectivity index (χ2v) is 5.43. The average Bonchev–Trinajstić information content (AvgIpc) is 2.53. The second kappa shape index (κ2) is 8.25. The Morgan fingerprint density at radius 3 is 2.05 bits per heavy atom. The Kier molecular flexibility index (Phi) is 6.04. The van der Waals surface area contributed by atoms with Gasteiger partial charge in [0.1, 0.15) is 11.5 Å². The second-order valence-electron chi connectivity index (χ2n) is 5.43. The molecular weight excluding hydrogens is 276 g/mol. The molecule has 116 valence electrons. The standard InChI is InChI=1S/C19H22O3/c20-17(10-7-16-8-13-19(22)14-9-16)4-2-1-3-15-5-11-18(21)12-6-15/h1,3,5-6,8-9,11-14,17,20-22H,2,4,7,10H2/b3-1+. The quantitative estimate of drug-likeness (QED) is 0.727. The van der Waals surface area contributed by atoms with Gasteiger partial charge in [0.2, 0.25) is 0 Å². The van der Waals surface area contributed by atoms with Crippen molar-refractivity contribution in [1.29, 1.82) is 0 Å². The molecule has 0 fully saturated rings. The largest absolute Gasteiger partial charge is 0.508 e. The first kappa shape index (κ1) is 16.1. The molecule has 3 nitrogen and oxygen atoms in total. The molecule has 2 rings (SSSR count). The van der Waals surface area contributed by atoms with Crippen LogP contribution >= 0.6 is 0 Å². The van der Waals surface area contributed by atoms with Crippen molar-refractivity contribution in [2.45, 2.75) is 31.8 Å². The van der Waals surface area contributed by atoms with Crippen LogP contribution in [-0.2, 0) is 6.42 Å². The van der Waals surface area contributed by atoms with Crippen LogP contribution in [0.4, 0.5) is 0 Å². The van der Waals surface area contributed by atoms with Gasteiger partial charge >= 0.3 is 0 Å². The summed E-state index contributed by atoms with van der Waals surface area (Å²) in [5.41, 5.74) is 2.16. The molecule has 0 spiro atoms. The Labute approximate surface area is 131 Å². The first-order valence-corrected chi connectivity index (χ1v) is 7.55. The van der Waals surface area contributed by atoms with Crippen LogP contribution in [-0.4, -0.2) is 21.4 Å². The molecule has 0 heterocycles. The highest BCUT2D eigenvalue weighted by Crippen LogP contribution is 2.14. The molecule has 0 saturated heterocycles. The van der Waals surface area contributed by atoms with Crippen LogP contribution in [0.3, 0.4) is 0 Å². The van der Waals surface area contributed by atoms with Gasteiger partial charge in [-0.3, -0.25) is 0 Å². The highest BCUT2D eigenvalue weighted by atomic mass is 16.3. The summed E-state index contributed by atoms with van der Waals surface area (Å²) >= 11 is 0. The van der Waals surface area contributed by atoms with E-state index in [1.165, 1.54) is 0 Å². The normalized spacial score (nSPS) is 12.6. The van der Waals surface area contributed by atoms with E-state index in [2.05, 4.69) is 0 Å². The molecule has 0 aliphatic carbocycles. The third-order valence-corrected chi connectivity index (χ3v) is 3.57. The minimum atomic E-state index is -0.321. The molecule has 0 aliphatic rings. The van der Waals surface area contributed by atoms with Gasteiger partial charge in [0, 0.05) is 0 Å². The number of aliphatic hydroxyl groups excluding tert-OH is 1. The predicted molar refractivity (Wildman–Crippen MR) is 88.8 cm³/mol. The molecule has 2 aromatic rings. The molecule has 0 saturated carbocycles. The van der Waals surface area contributed by atoms with Crippen LogP contribution in [0.15, 0.2) is 54.6 Å². The first-order chi connectivity index (χ1) is 10.6. The van der Waals surface area contributed by atoms with Crippen molar-refractivity contribution in [2.75, 3.05) is 0 Å². The van der Waals surface area contributed by atoms with Gasteiger partial charge in [0.05, 0.1) is 6.10 Å². The number of aryl methyl sites for hydroxylation is 1. The van der Waals surface area contributed by atoms with E-state index in [-0.39, 0.29) is 17.6 Å². The van der Waals surface area contributed by atoms with E-state index in [1.807, 2.05) is 36.4 Å². The van der Waals surface area contributed by atoms with E-state index in [4.69, 9.17) is 0 Å². The van der Waals surface area contributed by atoms with Crippen LogP contribution < -0.4 is 0 Å². The molecule has 0 aromatic heterocycles. The van der Waals surface area contributed by atoms with Gasteiger partial charge in [-0.25, -0.2) is 0 Å². The maximum atomic E-state index is 9.98. The van der Waals surface area contributed by atoms with Crippen molar-refractivity contribution in [3.63, 3.8) is 0 Å².